The fourth-order valence-corrected chi connectivity index (χ4v) is 4.80. The van der Waals surface area contributed by atoms with E-state index in [4.69, 9.17) is 9.47 Å². The zero-order chi connectivity index (χ0) is 19.9. The van der Waals surface area contributed by atoms with Gasteiger partial charge in [-0.05, 0) is 24.8 Å². The first-order valence-electron chi connectivity index (χ1n) is 9.73. The molecule has 0 N–H and O–H groups in total. The summed E-state index contributed by atoms with van der Waals surface area (Å²) in [5.41, 5.74) is 0.461. The molecule has 28 heavy (non-hydrogen) atoms. The second-order valence-corrected chi connectivity index (χ2v) is 8.07. The third-order valence-corrected chi connectivity index (χ3v) is 6.31. The molecular weight excluding hydrogens is 360 g/mol. The molecule has 0 spiro atoms. The van der Waals surface area contributed by atoms with Crippen LogP contribution in [0.25, 0.3) is 0 Å². The van der Waals surface area contributed by atoms with Crippen LogP contribution in [0.4, 0.5) is 0 Å². The molecule has 7 nitrogen and oxygen atoms in total. The lowest BCUT2D eigenvalue weighted by Gasteiger charge is -2.41. The van der Waals surface area contributed by atoms with E-state index in [-0.39, 0.29) is 36.4 Å². The lowest BCUT2D eigenvalue weighted by molar-refractivity contribution is -0.153. The topological polar surface area (TPSA) is 76.2 Å². The summed E-state index contributed by atoms with van der Waals surface area (Å²) in [6.07, 6.45) is 2.10. The number of fused-ring (bicyclic) bond motifs is 1. The number of hydrogen-bond donors (Lipinski definition) is 0. The Bertz CT molecular complexity index is 776. The Hall–Kier alpha value is -2.41. The number of rotatable bonds is 5. The number of benzene rings is 1. The van der Waals surface area contributed by atoms with Crippen LogP contribution in [0.5, 0.6) is 0 Å². The van der Waals surface area contributed by atoms with Crippen LogP contribution in [0.15, 0.2) is 30.3 Å². The van der Waals surface area contributed by atoms with Gasteiger partial charge in [0.15, 0.2) is 0 Å². The summed E-state index contributed by atoms with van der Waals surface area (Å²) in [5, 5.41) is 0. The Morgan fingerprint density at radius 2 is 1.89 bits per heavy atom. The number of carbonyl (C=O) groups excluding carboxylic acids is 3. The first-order valence-corrected chi connectivity index (χ1v) is 9.73. The van der Waals surface area contributed by atoms with E-state index in [1.807, 2.05) is 30.3 Å². The standard InChI is InChI=1S/C21H26N2O5/c1-27-13-21(8-9-21)20(26)22-11-15-10-16(19(25)28-2)18(23(15)17(24)12-22)14-6-4-3-5-7-14/h3-7,15-16,18H,8-13H2,1-2H3/t15-,16-,18-/m0/s1. The van der Waals surface area contributed by atoms with Gasteiger partial charge in [0.1, 0.15) is 0 Å². The maximum Gasteiger partial charge on any atom is 0.311 e. The second kappa shape index (κ2) is 7.20. The van der Waals surface area contributed by atoms with E-state index >= 15 is 0 Å². The van der Waals surface area contributed by atoms with Crippen LogP contribution >= 0.6 is 0 Å². The van der Waals surface area contributed by atoms with E-state index in [0.717, 1.165) is 18.4 Å². The molecule has 3 aliphatic rings. The third-order valence-electron chi connectivity index (χ3n) is 6.31. The van der Waals surface area contributed by atoms with E-state index in [1.54, 1.807) is 16.9 Å². The monoisotopic (exact) mass is 386 g/mol. The quantitative estimate of drug-likeness (QED) is 0.715. The number of esters is 1. The Morgan fingerprint density at radius 3 is 2.50 bits per heavy atom. The molecule has 1 aliphatic carbocycles. The number of carbonyl (C=O) groups is 3. The smallest absolute Gasteiger partial charge is 0.311 e. The van der Waals surface area contributed by atoms with Crippen molar-refractivity contribution in [2.24, 2.45) is 11.3 Å². The molecular formula is C21H26N2O5. The molecule has 4 rings (SSSR count). The highest BCUT2D eigenvalue weighted by atomic mass is 16.5. The van der Waals surface area contributed by atoms with E-state index in [2.05, 4.69) is 0 Å². The minimum Gasteiger partial charge on any atom is -0.469 e. The highest BCUT2D eigenvalue weighted by Crippen LogP contribution is 2.49. The van der Waals surface area contributed by atoms with Gasteiger partial charge in [-0.1, -0.05) is 30.3 Å². The zero-order valence-corrected chi connectivity index (χ0v) is 16.3. The van der Waals surface area contributed by atoms with Gasteiger partial charge in [0.2, 0.25) is 11.8 Å². The number of hydrogen-bond acceptors (Lipinski definition) is 5. The van der Waals surface area contributed by atoms with Gasteiger partial charge >= 0.3 is 5.97 Å². The fraction of sp³-hybridized carbons (Fsp3) is 0.571. The molecule has 2 aliphatic heterocycles. The minimum absolute atomic E-state index is 0.000120. The van der Waals surface area contributed by atoms with Crippen LogP contribution in [0, 0.1) is 11.3 Å². The Kier molecular flexibility index (Phi) is 4.87. The van der Waals surface area contributed by atoms with Crippen LogP contribution in [0.3, 0.4) is 0 Å². The predicted molar refractivity (Wildman–Crippen MR) is 100 cm³/mol. The summed E-state index contributed by atoms with van der Waals surface area (Å²) in [4.78, 5) is 42.0. The van der Waals surface area contributed by atoms with Gasteiger partial charge in [-0.15, -0.1) is 0 Å². The molecule has 2 amide bonds. The van der Waals surface area contributed by atoms with Gasteiger partial charge in [0.05, 0.1) is 43.7 Å². The molecule has 2 saturated heterocycles. The Morgan fingerprint density at radius 1 is 1.18 bits per heavy atom. The Labute approximate surface area is 164 Å². The van der Waals surface area contributed by atoms with Crippen molar-refractivity contribution in [3.63, 3.8) is 0 Å². The van der Waals surface area contributed by atoms with Crippen LogP contribution in [-0.2, 0) is 23.9 Å². The minimum atomic E-state index is -0.462. The van der Waals surface area contributed by atoms with Crippen LogP contribution in [-0.4, -0.2) is 67.5 Å². The molecule has 2 heterocycles. The van der Waals surface area contributed by atoms with Gasteiger partial charge in [0.25, 0.3) is 0 Å². The molecule has 0 radical (unpaired) electrons. The number of methoxy groups -OCH3 is 2. The first-order chi connectivity index (χ1) is 13.5. The normalized spacial score (nSPS) is 28.1. The number of nitrogens with zero attached hydrogens (tertiary/aromatic N) is 2. The van der Waals surface area contributed by atoms with Crippen molar-refractivity contribution < 1.29 is 23.9 Å². The van der Waals surface area contributed by atoms with E-state index in [1.165, 1.54) is 7.11 Å². The molecule has 3 fully saturated rings. The van der Waals surface area contributed by atoms with Crippen molar-refractivity contribution in [3.05, 3.63) is 35.9 Å². The van der Waals surface area contributed by atoms with Crippen LogP contribution in [0.1, 0.15) is 30.9 Å². The molecule has 1 aromatic carbocycles. The number of amides is 2. The van der Waals surface area contributed by atoms with Gasteiger partial charge in [0, 0.05) is 13.7 Å². The molecule has 150 valence electrons. The summed E-state index contributed by atoms with van der Waals surface area (Å²) in [5.74, 6) is -0.851. The summed E-state index contributed by atoms with van der Waals surface area (Å²) < 4.78 is 10.3. The molecule has 0 unspecified atom stereocenters. The lowest BCUT2D eigenvalue weighted by Crippen LogP contribution is -2.57. The van der Waals surface area contributed by atoms with Crippen molar-refractivity contribution in [1.29, 1.82) is 0 Å². The average Bonchev–Trinajstić information content (AvgIpc) is 3.39. The maximum absolute atomic E-state index is 13.1. The summed E-state index contributed by atoms with van der Waals surface area (Å²) in [7, 11) is 2.97. The largest absolute Gasteiger partial charge is 0.469 e. The maximum atomic E-state index is 13.1. The molecule has 7 heteroatoms. The van der Waals surface area contributed by atoms with Crippen molar-refractivity contribution >= 4 is 17.8 Å². The van der Waals surface area contributed by atoms with E-state index in [0.29, 0.717) is 19.6 Å². The lowest BCUT2D eigenvalue weighted by atomic mass is 9.93. The summed E-state index contributed by atoms with van der Waals surface area (Å²) >= 11 is 0. The van der Waals surface area contributed by atoms with Gasteiger partial charge in [-0.3, -0.25) is 14.4 Å². The summed E-state index contributed by atoms with van der Waals surface area (Å²) in [6.45, 7) is 0.896. The highest BCUT2D eigenvalue weighted by Gasteiger charge is 2.56. The van der Waals surface area contributed by atoms with Gasteiger partial charge in [-0.2, -0.15) is 0 Å². The van der Waals surface area contributed by atoms with Crippen molar-refractivity contribution in [3.8, 4) is 0 Å². The Balaban J connectivity index is 1.59. The predicted octanol–water partition coefficient (Wildman–Crippen LogP) is 1.39. The van der Waals surface area contributed by atoms with Gasteiger partial charge < -0.3 is 19.3 Å². The third kappa shape index (κ3) is 3.07. The van der Waals surface area contributed by atoms with E-state index in [9.17, 15) is 14.4 Å². The van der Waals surface area contributed by atoms with Crippen LogP contribution in [0.2, 0.25) is 0 Å². The highest BCUT2D eigenvalue weighted by molar-refractivity contribution is 5.91. The average molecular weight is 386 g/mol. The van der Waals surface area contributed by atoms with E-state index < -0.39 is 11.3 Å². The molecule has 1 saturated carbocycles. The fourth-order valence-electron chi connectivity index (χ4n) is 4.80. The van der Waals surface area contributed by atoms with Crippen molar-refractivity contribution in [2.75, 3.05) is 33.9 Å². The zero-order valence-electron chi connectivity index (χ0n) is 16.3. The molecule has 0 aromatic heterocycles. The molecule has 0 bridgehead atoms. The molecule has 3 atom stereocenters. The SMILES string of the molecule is COCC1(C(=O)N2CC(=O)N3[C@@H](C[C@H](C(=O)OC)[C@@H]3c3ccccc3)C2)CC1. The van der Waals surface area contributed by atoms with Crippen LogP contribution < -0.4 is 0 Å². The van der Waals surface area contributed by atoms with Crippen molar-refractivity contribution in [1.82, 2.24) is 9.80 Å². The second-order valence-electron chi connectivity index (χ2n) is 8.07. The number of ether oxygens (including phenoxy) is 2. The van der Waals surface area contributed by atoms with Gasteiger partial charge in [-0.25, -0.2) is 0 Å². The number of piperazine rings is 1. The van der Waals surface area contributed by atoms with Crippen molar-refractivity contribution in [2.45, 2.75) is 31.3 Å². The summed E-state index contributed by atoms with van der Waals surface area (Å²) in [6, 6.07) is 9.06. The molecule has 1 aromatic rings. The first kappa shape index (κ1) is 18.9.